The highest BCUT2D eigenvalue weighted by atomic mass is 79.9. The Labute approximate surface area is 170 Å². The number of para-hydroxylation sites is 1. The molecule has 0 aliphatic rings. The quantitative estimate of drug-likeness (QED) is 0.555. The summed E-state index contributed by atoms with van der Waals surface area (Å²) >= 11 is 3.48. The second kappa shape index (κ2) is 8.26. The summed E-state index contributed by atoms with van der Waals surface area (Å²) < 4.78 is 17.1. The maximum atomic E-state index is 12.6. The number of hydrogen-bond donors (Lipinski definition) is 0. The molecule has 1 heterocycles. The van der Waals surface area contributed by atoms with Gasteiger partial charge in [-0.15, -0.1) is 0 Å². The van der Waals surface area contributed by atoms with Crippen molar-refractivity contribution in [2.24, 2.45) is 0 Å². The first-order chi connectivity index (χ1) is 13.5. The van der Waals surface area contributed by atoms with E-state index in [0.717, 1.165) is 0 Å². The molecule has 144 valence electrons. The predicted octanol–water partition coefficient (Wildman–Crippen LogP) is 3.88. The first-order valence-electron chi connectivity index (χ1n) is 8.20. The van der Waals surface area contributed by atoms with Crippen LogP contribution in [0.3, 0.4) is 0 Å². The number of halogens is 1. The topological polar surface area (TPSA) is 79.7 Å². The van der Waals surface area contributed by atoms with Crippen molar-refractivity contribution in [2.45, 2.75) is 0 Å². The zero-order chi connectivity index (χ0) is 20.3. The van der Waals surface area contributed by atoms with Gasteiger partial charge >= 0.3 is 11.9 Å². The van der Waals surface area contributed by atoms with Gasteiger partial charge in [0.05, 0.1) is 27.0 Å². The van der Waals surface area contributed by atoms with Crippen LogP contribution in [-0.4, -0.2) is 43.0 Å². The second-order valence-electron chi connectivity index (χ2n) is 5.65. The average molecular weight is 445 g/mol. The molecular weight excluding hydrogens is 428 g/mol. The Balaban J connectivity index is 2.35. The van der Waals surface area contributed by atoms with Gasteiger partial charge in [0.2, 0.25) is 0 Å². The molecule has 3 aromatic rings. The lowest BCUT2D eigenvalue weighted by Gasteiger charge is -2.07. The Morgan fingerprint density at radius 3 is 2.21 bits per heavy atom. The molecule has 28 heavy (non-hydrogen) atoms. The molecule has 0 saturated carbocycles. The van der Waals surface area contributed by atoms with Gasteiger partial charge in [0.15, 0.2) is 5.69 Å². The lowest BCUT2D eigenvalue weighted by molar-refractivity contribution is 0.0549. The van der Waals surface area contributed by atoms with Crippen LogP contribution in [0.1, 0.15) is 20.8 Å². The maximum Gasteiger partial charge on any atom is 0.357 e. The number of methoxy groups -OCH3 is 3. The molecule has 8 heteroatoms. The van der Waals surface area contributed by atoms with E-state index in [1.807, 2.05) is 6.07 Å². The zero-order valence-electron chi connectivity index (χ0n) is 15.4. The molecule has 0 N–H and O–H groups in total. The van der Waals surface area contributed by atoms with Crippen molar-refractivity contribution in [2.75, 3.05) is 21.3 Å². The van der Waals surface area contributed by atoms with Crippen molar-refractivity contribution in [1.82, 2.24) is 9.78 Å². The highest BCUT2D eigenvalue weighted by Crippen LogP contribution is 2.35. The Kier molecular flexibility index (Phi) is 5.79. The fourth-order valence-electron chi connectivity index (χ4n) is 2.76. The molecule has 3 rings (SSSR count). The van der Waals surface area contributed by atoms with Crippen molar-refractivity contribution in [3.05, 3.63) is 64.3 Å². The van der Waals surface area contributed by atoms with E-state index in [1.165, 1.54) is 18.9 Å². The molecule has 0 aliphatic carbocycles. The van der Waals surface area contributed by atoms with Gasteiger partial charge in [0.25, 0.3) is 0 Å². The summed E-state index contributed by atoms with van der Waals surface area (Å²) in [6.45, 7) is 0. The van der Waals surface area contributed by atoms with Crippen molar-refractivity contribution in [3.63, 3.8) is 0 Å². The number of hydrogen-bond acceptors (Lipinski definition) is 6. The molecule has 0 aliphatic heterocycles. The number of esters is 2. The molecular formula is C20H17BrN2O5. The Bertz CT molecular complexity index is 1030. The van der Waals surface area contributed by atoms with Crippen LogP contribution in [0.2, 0.25) is 0 Å². The van der Waals surface area contributed by atoms with Gasteiger partial charge in [-0.2, -0.15) is 5.10 Å². The van der Waals surface area contributed by atoms with Crippen LogP contribution >= 0.6 is 15.9 Å². The minimum atomic E-state index is -0.701. The zero-order valence-corrected chi connectivity index (χ0v) is 17.0. The van der Waals surface area contributed by atoms with Crippen molar-refractivity contribution >= 4 is 27.9 Å². The Morgan fingerprint density at radius 2 is 1.64 bits per heavy atom. The van der Waals surface area contributed by atoms with Crippen molar-refractivity contribution in [1.29, 1.82) is 0 Å². The van der Waals surface area contributed by atoms with Crippen LogP contribution in [0.4, 0.5) is 0 Å². The third kappa shape index (κ3) is 3.50. The molecule has 0 spiro atoms. The number of carbonyl (C=O) groups excluding carboxylic acids is 2. The van der Waals surface area contributed by atoms with Crippen LogP contribution in [0, 0.1) is 0 Å². The van der Waals surface area contributed by atoms with E-state index in [4.69, 9.17) is 14.2 Å². The minimum absolute atomic E-state index is 0.0155. The molecule has 1 aromatic heterocycles. The van der Waals surface area contributed by atoms with E-state index in [2.05, 4.69) is 21.0 Å². The summed E-state index contributed by atoms with van der Waals surface area (Å²) in [5, 5.41) is 4.55. The van der Waals surface area contributed by atoms with Gasteiger partial charge in [-0.25, -0.2) is 14.3 Å². The number of aromatic nitrogens is 2. The van der Waals surface area contributed by atoms with Crippen LogP contribution in [0.15, 0.2) is 53.0 Å². The summed E-state index contributed by atoms with van der Waals surface area (Å²) in [4.78, 5) is 25.2. The van der Waals surface area contributed by atoms with Gasteiger partial charge < -0.3 is 14.2 Å². The number of nitrogens with zero attached hydrogens (tertiary/aromatic N) is 2. The molecule has 0 fully saturated rings. The monoisotopic (exact) mass is 444 g/mol. The van der Waals surface area contributed by atoms with Crippen LogP contribution in [0.5, 0.6) is 5.75 Å². The van der Waals surface area contributed by atoms with Crippen LogP contribution in [-0.2, 0) is 9.47 Å². The first kappa shape index (κ1) is 19.6. The minimum Gasteiger partial charge on any atom is -0.497 e. The molecule has 7 nitrogen and oxygen atoms in total. The molecule has 2 aromatic carbocycles. The van der Waals surface area contributed by atoms with E-state index in [-0.39, 0.29) is 17.0 Å². The van der Waals surface area contributed by atoms with Crippen molar-refractivity contribution in [3.8, 4) is 22.7 Å². The first-order valence-corrected chi connectivity index (χ1v) is 9.00. The number of rotatable bonds is 5. The van der Waals surface area contributed by atoms with Crippen LogP contribution < -0.4 is 4.74 Å². The van der Waals surface area contributed by atoms with Crippen LogP contribution in [0.25, 0.3) is 16.9 Å². The van der Waals surface area contributed by atoms with E-state index in [9.17, 15) is 9.59 Å². The summed E-state index contributed by atoms with van der Waals surface area (Å²) in [5.74, 6) is -0.765. The Morgan fingerprint density at radius 1 is 0.964 bits per heavy atom. The van der Waals surface area contributed by atoms with Crippen molar-refractivity contribution < 1.29 is 23.8 Å². The van der Waals surface area contributed by atoms with Gasteiger partial charge in [-0.3, -0.25) is 0 Å². The fourth-order valence-corrected chi connectivity index (χ4v) is 3.30. The second-order valence-corrected chi connectivity index (χ2v) is 6.50. The van der Waals surface area contributed by atoms with E-state index in [0.29, 0.717) is 21.5 Å². The molecule has 0 saturated heterocycles. The molecule has 0 atom stereocenters. The standard InChI is InChI=1S/C20H17BrN2O5/c1-26-13-9-10-14(15(21)11-13)17-16(19(24)27-2)18(20(25)28-3)23(22-17)12-7-5-4-6-8-12/h4-11H,1-3H3. The molecule has 0 unspecified atom stereocenters. The number of carbonyl (C=O) groups is 2. The Hall–Kier alpha value is -3.13. The third-order valence-corrected chi connectivity index (χ3v) is 4.74. The van der Waals surface area contributed by atoms with E-state index < -0.39 is 11.9 Å². The lowest BCUT2D eigenvalue weighted by Crippen LogP contribution is -2.15. The summed E-state index contributed by atoms with van der Waals surface area (Å²) in [7, 11) is 4.05. The highest BCUT2D eigenvalue weighted by molar-refractivity contribution is 9.10. The summed E-state index contributed by atoms with van der Waals surface area (Å²) in [6, 6.07) is 14.2. The predicted molar refractivity (Wildman–Crippen MR) is 106 cm³/mol. The molecule has 0 amide bonds. The van der Waals surface area contributed by atoms with Gasteiger partial charge in [-0.1, -0.05) is 18.2 Å². The van der Waals surface area contributed by atoms with Gasteiger partial charge in [0.1, 0.15) is 17.0 Å². The molecule has 0 radical (unpaired) electrons. The average Bonchev–Trinajstić information content (AvgIpc) is 3.13. The SMILES string of the molecule is COC(=O)c1c(-c2ccc(OC)cc2Br)nn(-c2ccccc2)c1C(=O)OC. The highest BCUT2D eigenvalue weighted by Gasteiger charge is 2.32. The van der Waals surface area contributed by atoms with Gasteiger partial charge in [-0.05, 0) is 46.3 Å². The summed E-state index contributed by atoms with van der Waals surface area (Å²) in [5.41, 5.74) is 1.48. The largest absolute Gasteiger partial charge is 0.497 e. The smallest absolute Gasteiger partial charge is 0.357 e. The summed E-state index contributed by atoms with van der Waals surface area (Å²) in [6.07, 6.45) is 0. The van der Waals surface area contributed by atoms with E-state index in [1.54, 1.807) is 49.6 Å². The van der Waals surface area contributed by atoms with Gasteiger partial charge in [0, 0.05) is 10.0 Å². The number of ether oxygens (including phenoxy) is 3. The van der Waals surface area contributed by atoms with E-state index >= 15 is 0 Å². The third-order valence-electron chi connectivity index (χ3n) is 4.09. The fraction of sp³-hybridized carbons (Fsp3) is 0.150. The normalized spacial score (nSPS) is 10.4. The lowest BCUT2D eigenvalue weighted by atomic mass is 10.1. The number of benzene rings is 2. The maximum absolute atomic E-state index is 12.6. The molecule has 0 bridgehead atoms.